The summed E-state index contributed by atoms with van der Waals surface area (Å²) in [6.45, 7) is 0.708. The van der Waals surface area contributed by atoms with Crippen molar-refractivity contribution in [2.75, 3.05) is 7.11 Å². The molecule has 1 aliphatic heterocycles. The van der Waals surface area contributed by atoms with Crippen LogP contribution in [0, 0.1) is 0 Å². The maximum absolute atomic E-state index is 11.5. The van der Waals surface area contributed by atoms with E-state index in [4.69, 9.17) is 10.3 Å². The Morgan fingerprint density at radius 3 is 3.12 bits per heavy atom. The Morgan fingerprint density at radius 1 is 1.62 bits per heavy atom. The fraction of sp³-hybridized carbons (Fsp3) is 0.300. The van der Waals surface area contributed by atoms with E-state index in [-0.39, 0.29) is 12.5 Å². The van der Waals surface area contributed by atoms with Crippen molar-refractivity contribution in [3.05, 3.63) is 39.3 Å². The van der Waals surface area contributed by atoms with Crippen molar-refractivity contribution in [1.82, 2.24) is 5.32 Å². The van der Waals surface area contributed by atoms with Gasteiger partial charge in [-0.1, -0.05) is 5.11 Å². The molecular weight excluding hydrogens is 208 g/mol. The van der Waals surface area contributed by atoms with Crippen LogP contribution < -0.4 is 10.1 Å². The Morgan fingerprint density at radius 2 is 2.44 bits per heavy atom. The Kier molecular flexibility index (Phi) is 2.66. The van der Waals surface area contributed by atoms with Crippen LogP contribution in [-0.2, 0) is 13.1 Å². The molecule has 0 spiro atoms. The first kappa shape index (κ1) is 10.3. The second kappa shape index (κ2) is 4.12. The SMILES string of the molecule is COc1cc(CN=[N+]=[N-])c2c(c1)C(=O)NC2. The molecule has 1 aliphatic rings. The van der Waals surface area contributed by atoms with Crippen molar-refractivity contribution >= 4 is 5.91 Å². The Hall–Kier alpha value is -2.20. The monoisotopic (exact) mass is 218 g/mol. The number of fused-ring (bicyclic) bond motifs is 1. The van der Waals surface area contributed by atoms with E-state index in [1.807, 2.05) is 0 Å². The number of hydrogen-bond donors (Lipinski definition) is 1. The Labute approximate surface area is 91.8 Å². The van der Waals surface area contributed by atoms with Gasteiger partial charge < -0.3 is 10.1 Å². The molecule has 6 heteroatoms. The molecule has 0 radical (unpaired) electrons. The van der Waals surface area contributed by atoms with Gasteiger partial charge in [0.2, 0.25) is 0 Å². The van der Waals surface area contributed by atoms with E-state index >= 15 is 0 Å². The van der Waals surface area contributed by atoms with Gasteiger partial charge in [-0.3, -0.25) is 4.79 Å². The zero-order valence-electron chi connectivity index (χ0n) is 8.73. The van der Waals surface area contributed by atoms with Crippen molar-refractivity contribution < 1.29 is 9.53 Å². The number of methoxy groups -OCH3 is 1. The van der Waals surface area contributed by atoms with Gasteiger partial charge in [-0.2, -0.15) is 0 Å². The number of ether oxygens (including phenoxy) is 1. The number of carbonyl (C=O) groups is 1. The maximum Gasteiger partial charge on any atom is 0.252 e. The summed E-state index contributed by atoms with van der Waals surface area (Å²) in [5.41, 5.74) is 10.6. The second-order valence-electron chi connectivity index (χ2n) is 3.38. The molecule has 0 atom stereocenters. The second-order valence-corrected chi connectivity index (χ2v) is 3.38. The highest BCUT2D eigenvalue weighted by atomic mass is 16.5. The van der Waals surface area contributed by atoms with Crippen LogP contribution in [0.25, 0.3) is 10.4 Å². The van der Waals surface area contributed by atoms with Gasteiger partial charge in [0.1, 0.15) is 5.75 Å². The van der Waals surface area contributed by atoms with Crippen LogP contribution in [0.4, 0.5) is 0 Å². The van der Waals surface area contributed by atoms with Crippen molar-refractivity contribution in [2.45, 2.75) is 13.1 Å². The highest BCUT2D eigenvalue weighted by Crippen LogP contribution is 2.26. The molecule has 0 unspecified atom stereocenters. The van der Waals surface area contributed by atoms with Gasteiger partial charge in [0, 0.05) is 17.0 Å². The summed E-state index contributed by atoms with van der Waals surface area (Å²) in [6, 6.07) is 3.48. The number of azide groups is 1. The van der Waals surface area contributed by atoms with Crippen molar-refractivity contribution in [1.29, 1.82) is 0 Å². The van der Waals surface area contributed by atoms with Gasteiger partial charge in [0.25, 0.3) is 5.91 Å². The van der Waals surface area contributed by atoms with Crippen LogP contribution in [0.2, 0.25) is 0 Å². The number of nitrogens with zero attached hydrogens (tertiary/aromatic N) is 3. The molecule has 16 heavy (non-hydrogen) atoms. The summed E-state index contributed by atoms with van der Waals surface area (Å²) < 4.78 is 5.09. The van der Waals surface area contributed by atoms with E-state index in [0.29, 0.717) is 17.9 Å². The van der Waals surface area contributed by atoms with E-state index < -0.39 is 0 Å². The molecule has 1 amide bonds. The van der Waals surface area contributed by atoms with E-state index in [2.05, 4.69) is 15.3 Å². The maximum atomic E-state index is 11.5. The largest absolute Gasteiger partial charge is 0.497 e. The normalized spacial score (nSPS) is 12.7. The first-order valence-corrected chi connectivity index (χ1v) is 4.75. The lowest BCUT2D eigenvalue weighted by molar-refractivity contribution is 0.0965. The van der Waals surface area contributed by atoms with E-state index in [9.17, 15) is 4.79 Å². The molecule has 1 heterocycles. The number of hydrogen-bond acceptors (Lipinski definition) is 3. The van der Waals surface area contributed by atoms with Crippen LogP contribution in [0.5, 0.6) is 5.75 Å². The highest BCUT2D eigenvalue weighted by Gasteiger charge is 2.22. The van der Waals surface area contributed by atoms with Gasteiger partial charge in [-0.15, -0.1) is 0 Å². The van der Waals surface area contributed by atoms with Crippen LogP contribution in [0.3, 0.4) is 0 Å². The number of amides is 1. The van der Waals surface area contributed by atoms with Gasteiger partial charge in [-0.05, 0) is 28.8 Å². The number of nitrogens with one attached hydrogen (secondary N) is 1. The van der Waals surface area contributed by atoms with Crippen molar-refractivity contribution in [2.24, 2.45) is 5.11 Å². The predicted molar refractivity (Wildman–Crippen MR) is 57.0 cm³/mol. The minimum Gasteiger partial charge on any atom is -0.497 e. The number of benzene rings is 1. The van der Waals surface area contributed by atoms with Gasteiger partial charge in [-0.25, -0.2) is 0 Å². The van der Waals surface area contributed by atoms with E-state index in [1.54, 1.807) is 12.1 Å². The minimum atomic E-state index is -0.115. The first-order chi connectivity index (χ1) is 7.76. The Bertz CT molecular complexity index is 492. The molecule has 0 bridgehead atoms. The van der Waals surface area contributed by atoms with Crippen LogP contribution in [-0.4, -0.2) is 13.0 Å². The lowest BCUT2D eigenvalue weighted by Crippen LogP contribution is -2.12. The van der Waals surface area contributed by atoms with Crippen LogP contribution >= 0.6 is 0 Å². The standard InChI is InChI=1S/C10H10N4O2/c1-16-7-2-6(4-13-14-11)9-5-12-10(15)8(9)3-7/h2-3H,4-5H2,1H3,(H,12,15). The topological polar surface area (TPSA) is 87.1 Å². The quantitative estimate of drug-likeness (QED) is 0.476. The Balaban J connectivity index is 2.50. The lowest BCUT2D eigenvalue weighted by Gasteiger charge is -2.07. The number of carbonyl (C=O) groups excluding carboxylic acids is 1. The first-order valence-electron chi connectivity index (χ1n) is 4.75. The average molecular weight is 218 g/mol. The van der Waals surface area contributed by atoms with Gasteiger partial charge in [0.15, 0.2) is 0 Å². The number of rotatable bonds is 3. The molecule has 6 nitrogen and oxygen atoms in total. The van der Waals surface area contributed by atoms with Crippen molar-refractivity contribution in [3.8, 4) is 5.75 Å². The fourth-order valence-electron chi connectivity index (χ4n) is 1.74. The minimum absolute atomic E-state index is 0.115. The molecular formula is C10H10N4O2. The third-order valence-electron chi connectivity index (χ3n) is 2.53. The molecule has 0 aromatic heterocycles. The summed E-state index contributed by atoms with van der Waals surface area (Å²) in [5, 5.41) is 6.23. The summed E-state index contributed by atoms with van der Waals surface area (Å²) in [7, 11) is 1.53. The highest BCUT2D eigenvalue weighted by molar-refractivity contribution is 5.99. The molecule has 0 fully saturated rings. The zero-order valence-corrected chi connectivity index (χ0v) is 8.73. The molecule has 0 saturated heterocycles. The molecule has 2 rings (SSSR count). The zero-order chi connectivity index (χ0) is 11.5. The fourth-order valence-corrected chi connectivity index (χ4v) is 1.74. The lowest BCUT2D eigenvalue weighted by atomic mass is 10.0. The third kappa shape index (κ3) is 1.66. The van der Waals surface area contributed by atoms with E-state index in [0.717, 1.165) is 11.1 Å². The van der Waals surface area contributed by atoms with Crippen LogP contribution in [0.1, 0.15) is 21.5 Å². The summed E-state index contributed by atoms with van der Waals surface area (Å²) in [4.78, 5) is 14.2. The molecule has 1 aromatic rings. The summed E-state index contributed by atoms with van der Waals surface area (Å²) >= 11 is 0. The van der Waals surface area contributed by atoms with Crippen molar-refractivity contribution in [3.63, 3.8) is 0 Å². The van der Waals surface area contributed by atoms with Gasteiger partial charge >= 0.3 is 0 Å². The average Bonchev–Trinajstić information content (AvgIpc) is 2.68. The molecule has 82 valence electrons. The summed E-state index contributed by atoms with van der Waals surface area (Å²) in [6.07, 6.45) is 0. The molecule has 1 N–H and O–H groups in total. The molecule has 0 aliphatic carbocycles. The molecule has 1 aromatic carbocycles. The smallest absolute Gasteiger partial charge is 0.252 e. The molecule has 0 saturated carbocycles. The van der Waals surface area contributed by atoms with E-state index in [1.165, 1.54) is 7.11 Å². The van der Waals surface area contributed by atoms with Crippen LogP contribution in [0.15, 0.2) is 17.2 Å². The van der Waals surface area contributed by atoms with Gasteiger partial charge in [0.05, 0.1) is 13.7 Å². The summed E-state index contributed by atoms with van der Waals surface area (Å²) in [5.74, 6) is 0.482. The predicted octanol–water partition coefficient (Wildman–Crippen LogP) is 1.75. The third-order valence-corrected chi connectivity index (χ3v) is 2.53.